The summed E-state index contributed by atoms with van der Waals surface area (Å²) in [5.41, 5.74) is 16.8. The summed E-state index contributed by atoms with van der Waals surface area (Å²) in [5, 5.41) is 9.48. The lowest BCUT2D eigenvalue weighted by Gasteiger charge is -2.37. The number of hydrogen-bond donors (Lipinski definition) is 7. The summed E-state index contributed by atoms with van der Waals surface area (Å²) in [6, 6.07) is 1.34. The third-order valence-electron chi connectivity index (χ3n) is 9.32. The zero-order chi connectivity index (χ0) is 50.5. The average Bonchev–Trinajstić information content (AvgIpc) is 3.79. The van der Waals surface area contributed by atoms with Crippen molar-refractivity contribution in [2.24, 2.45) is 10.7 Å². The Bertz CT molecular complexity index is 2980. The first-order valence-corrected chi connectivity index (χ1v) is 20.8. The largest absolute Gasteiger partial charge is 0.384 e. The van der Waals surface area contributed by atoms with Crippen molar-refractivity contribution in [2.75, 3.05) is 11.5 Å². The van der Waals surface area contributed by atoms with Gasteiger partial charge in [0.05, 0.1) is 12.7 Å². The lowest BCUT2D eigenvalue weighted by Crippen LogP contribution is -2.46. The number of anilines is 2. The molecule has 1 aliphatic heterocycles. The van der Waals surface area contributed by atoms with Gasteiger partial charge in [0, 0.05) is 57.9 Å². The van der Waals surface area contributed by atoms with Gasteiger partial charge in [-0.1, -0.05) is 0 Å². The Kier molecular flexibility index (Phi) is 16.0. The molecule has 23 heteroatoms. The summed E-state index contributed by atoms with van der Waals surface area (Å²) >= 11 is 0. The van der Waals surface area contributed by atoms with Crippen LogP contribution in [0.25, 0.3) is 22.3 Å². The Morgan fingerprint density at radius 3 is 1.62 bits per heavy atom. The number of aromatic nitrogens is 12. The number of rotatable bonds is 0. The van der Waals surface area contributed by atoms with Crippen LogP contribution in [0, 0.1) is 6.92 Å². The van der Waals surface area contributed by atoms with E-state index in [2.05, 4.69) is 65.6 Å². The van der Waals surface area contributed by atoms with Crippen molar-refractivity contribution in [3.05, 3.63) is 107 Å². The molecule has 360 valence electrons. The van der Waals surface area contributed by atoms with Gasteiger partial charge in [-0.05, 0) is 117 Å². The Labute approximate surface area is 381 Å². The lowest BCUT2D eigenvalue weighted by molar-refractivity contribution is -0.00900. The number of nitrogen functional groups attached to an aromatic ring is 2. The van der Waals surface area contributed by atoms with Crippen LogP contribution in [0.4, 0.5) is 11.8 Å². The van der Waals surface area contributed by atoms with Gasteiger partial charge >= 0.3 is 11.4 Å². The smallest absolute Gasteiger partial charge is 0.328 e. The lowest BCUT2D eigenvalue weighted by atomic mass is 10.1. The number of imidazole rings is 2. The van der Waals surface area contributed by atoms with E-state index < -0.39 is 6.35 Å². The van der Waals surface area contributed by atoms with Gasteiger partial charge in [0.2, 0.25) is 12.3 Å². The second kappa shape index (κ2) is 19.9. The molecule has 0 radical (unpaired) electrons. The maximum Gasteiger partial charge on any atom is 0.328 e. The SMILES string of the molecule is CC(C)(C)N1C=CC(N)=NC1O.CC(C)(C)n1ccc(=O)[nH]c1=O.CC(C)(C)n1cnc2c(=O)[nH]c(N)nc21.CC(C)(C)n1cnc2c(N)ncnc21.Cc1cn(C(C)(C)C)c(=O)[nH]c1=O. The maximum absolute atomic E-state index is 11.5. The van der Waals surface area contributed by atoms with Gasteiger partial charge in [0.15, 0.2) is 22.6 Å². The predicted octanol–water partition coefficient (Wildman–Crippen LogP) is 2.76. The molecule has 23 nitrogen and oxygen atoms in total. The molecule has 0 fully saturated rings. The Morgan fingerprint density at radius 2 is 1.12 bits per heavy atom. The summed E-state index contributed by atoms with van der Waals surface area (Å²) in [6.45, 7) is 31.4. The quantitative estimate of drug-likeness (QED) is 0.115. The first kappa shape index (κ1) is 53.2. The van der Waals surface area contributed by atoms with E-state index >= 15 is 0 Å². The number of aryl methyl sites for hydroxylation is 1. The predicted molar refractivity (Wildman–Crippen MR) is 258 cm³/mol. The summed E-state index contributed by atoms with van der Waals surface area (Å²) in [6.07, 6.45) is 10.5. The number of amidine groups is 1. The van der Waals surface area contributed by atoms with Crippen molar-refractivity contribution in [1.29, 1.82) is 0 Å². The fourth-order valence-electron chi connectivity index (χ4n) is 5.81. The number of aliphatic hydroxyl groups is 1. The van der Waals surface area contributed by atoms with E-state index in [0.717, 1.165) is 5.65 Å². The van der Waals surface area contributed by atoms with E-state index in [1.165, 1.54) is 27.7 Å². The fraction of sp³-hybridized carbons (Fsp3) is 0.512. The minimum absolute atomic E-state index is 0.0461. The number of aliphatic hydroxyl groups excluding tert-OH is 1. The third-order valence-corrected chi connectivity index (χ3v) is 9.32. The molecule has 0 aliphatic carbocycles. The van der Waals surface area contributed by atoms with E-state index in [1.807, 2.05) is 92.2 Å². The van der Waals surface area contributed by atoms with E-state index in [0.29, 0.717) is 33.9 Å². The van der Waals surface area contributed by atoms with Gasteiger partial charge in [0.1, 0.15) is 17.7 Å². The van der Waals surface area contributed by atoms with Crippen molar-refractivity contribution in [1.82, 2.24) is 63.0 Å². The van der Waals surface area contributed by atoms with Crippen LogP contribution in [0.3, 0.4) is 0 Å². The van der Waals surface area contributed by atoms with Crippen LogP contribution >= 0.6 is 0 Å². The number of nitrogens with zero attached hydrogens (tertiary/aromatic N) is 11. The van der Waals surface area contributed by atoms with Crippen LogP contribution < -0.4 is 45.3 Å². The van der Waals surface area contributed by atoms with Crippen LogP contribution in [0.5, 0.6) is 0 Å². The molecule has 1 aliphatic rings. The van der Waals surface area contributed by atoms with Gasteiger partial charge in [-0.3, -0.25) is 38.5 Å². The molecule has 0 aromatic carbocycles. The van der Waals surface area contributed by atoms with Gasteiger partial charge in [0.25, 0.3) is 16.7 Å². The number of nitrogens with two attached hydrogens (primary N) is 3. The minimum Gasteiger partial charge on any atom is -0.384 e. The molecule has 10 N–H and O–H groups in total. The molecule has 7 heterocycles. The highest BCUT2D eigenvalue weighted by Gasteiger charge is 2.26. The van der Waals surface area contributed by atoms with Crippen LogP contribution in [0.15, 0.2) is 78.7 Å². The standard InChI is InChI=1S/C9H13N5O.C9H13N5.C9H14N2O2.C8H15N3O.C8H12N2O2/c1-9(2,3)14-4-11-5-6(14)12-8(10)13-7(5)15;1-9(2,3)14-5-13-6-7(10)11-4-12-8(6)14;1-6-5-11(9(2,3)4)8(13)10-7(6)12;1-8(2,3)11-5-4-6(9)10-7(11)12;1-8(2,3)10-5-4-6(11)9-7(10)12/h4H,1-3H3,(H3,10,12,13,15);4-5H,1-3H3,(H2,10,11,12);5H,1-4H3,(H,10,12,13);4-5,7,12H,1-3H3,(H2,9,10);4-5H,1-3H3,(H,9,11,12). The van der Waals surface area contributed by atoms with E-state index in [-0.39, 0.29) is 61.7 Å². The molecule has 0 amide bonds. The molecule has 0 bridgehead atoms. The minimum atomic E-state index is -0.852. The number of hydrogen-bond acceptors (Lipinski definition) is 16. The maximum atomic E-state index is 11.5. The molecule has 0 saturated carbocycles. The topological polar surface area (TPSA) is 331 Å². The Balaban J connectivity index is 0.000000220. The number of aliphatic imine (C=N–C) groups is 1. The third kappa shape index (κ3) is 13.9. The van der Waals surface area contributed by atoms with Gasteiger partial charge < -0.3 is 36.3 Å². The van der Waals surface area contributed by atoms with E-state index in [4.69, 9.17) is 17.2 Å². The van der Waals surface area contributed by atoms with Crippen molar-refractivity contribution in [3.63, 3.8) is 0 Å². The molecule has 0 saturated heterocycles. The molecule has 66 heavy (non-hydrogen) atoms. The van der Waals surface area contributed by atoms with Gasteiger partial charge in [-0.25, -0.2) is 34.5 Å². The molecule has 1 unspecified atom stereocenters. The second-order valence-electron chi connectivity index (χ2n) is 20.2. The number of aromatic amines is 3. The van der Waals surface area contributed by atoms with E-state index in [9.17, 15) is 29.1 Å². The van der Waals surface area contributed by atoms with E-state index in [1.54, 1.807) is 43.0 Å². The number of fused-ring (bicyclic) bond motifs is 2. The Hall–Kier alpha value is -7.17. The van der Waals surface area contributed by atoms with Gasteiger partial charge in [-0.2, -0.15) is 4.98 Å². The summed E-state index contributed by atoms with van der Waals surface area (Å²) in [5.74, 6) is 0.902. The first-order chi connectivity index (χ1) is 30.0. The van der Waals surface area contributed by atoms with Crippen molar-refractivity contribution >= 4 is 39.9 Å². The van der Waals surface area contributed by atoms with Crippen molar-refractivity contribution < 1.29 is 5.11 Å². The van der Waals surface area contributed by atoms with Crippen LogP contribution in [-0.2, 0) is 22.2 Å². The molecule has 0 spiro atoms. The van der Waals surface area contributed by atoms with Crippen molar-refractivity contribution in [2.45, 2.75) is 145 Å². The molecular weight excluding hydrogens is 851 g/mol. The summed E-state index contributed by atoms with van der Waals surface area (Å²) in [7, 11) is 0. The summed E-state index contributed by atoms with van der Waals surface area (Å²) in [4.78, 5) is 88.6. The molecular formula is C43H67N17O6. The molecule has 6 aromatic rings. The highest BCUT2D eigenvalue weighted by Crippen LogP contribution is 2.22. The van der Waals surface area contributed by atoms with Crippen molar-refractivity contribution in [3.8, 4) is 0 Å². The Morgan fingerprint density at radius 1 is 0.606 bits per heavy atom. The molecule has 6 aromatic heterocycles. The molecule has 7 rings (SSSR count). The van der Waals surface area contributed by atoms with Crippen LogP contribution in [0.2, 0.25) is 0 Å². The second-order valence-corrected chi connectivity index (χ2v) is 20.2. The number of nitrogens with one attached hydrogen (secondary N) is 3. The summed E-state index contributed by atoms with van der Waals surface area (Å²) < 4.78 is 6.81. The zero-order valence-electron chi connectivity index (χ0n) is 40.8. The zero-order valence-corrected chi connectivity index (χ0v) is 40.8. The van der Waals surface area contributed by atoms with Crippen LogP contribution in [0.1, 0.15) is 109 Å². The monoisotopic (exact) mass is 918 g/mol. The average molecular weight is 918 g/mol. The molecule has 1 atom stereocenters. The highest BCUT2D eigenvalue weighted by molar-refractivity contribution is 5.91. The first-order valence-electron chi connectivity index (χ1n) is 20.8. The fourth-order valence-corrected chi connectivity index (χ4v) is 5.81. The van der Waals surface area contributed by atoms with Crippen LogP contribution in [-0.4, -0.2) is 85.9 Å². The highest BCUT2D eigenvalue weighted by atomic mass is 16.3. The van der Waals surface area contributed by atoms with Gasteiger partial charge in [-0.15, -0.1) is 0 Å². The number of H-pyrrole nitrogens is 3. The normalized spacial score (nSPS) is 14.2.